The van der Waals surface area contributed by atoms with Crippen molar-refractivity contribution in [3.63, 3.8) is 0 Å². The Bertz CT molecular complexity index is 1130. The fourth-order valence-electron chi connectivity index (χ4n) is 4.47. The molecule has 1 aliphatic rings. The Morgan fingerprint density at radius 3 is 2.66 bits per heavy atom. The van der Waals surface area contributed by atoms with Crippen LogP contribution in [0.1, 0.15) is 60.9 Å². The van der Waals surface area contributed by atoms with Gasteiger partial charge in [-0.3, -0.25) is 9.78 Å². The number of benzene rings is 1. The van der Waals surface area contributed by atoms with E-state index in [0.29, 0.717) is 31.6 Å². The number of phenols is 1. The molecular weight excluding hydrogens is 442 g/mol. The Morgan fingerprint density at radius 1 is 1.11 bits per heavy atom. The number of ether oxygens (including phenoxy) is 2. The zero-order chi connectivity index (χ0) is 24.8. The molecule has 7 heteroatoms. The number of hydrogen-bond donors (Lipinski definition) is 1. The second-order valence-corrected chi connectivity index (χ2v) is 9.16. The zero-order valence-corrected chi connectivity index (χ0v) is 20.6. The van der Waals surface area contributed by atoms with Gasteiger partial charge in [0.05, 0.1) is 31.0 Å². The highest BCUT2D eigenvalue weighted by molar-refractivity contribution is 5.98. The molecule has 0 fully saturated rings. The number of amides is 1. The summed E-state index contributed by atoms with van der Waals surface area (Å²) in [4.78, 5) is 24.8. The van der Waals surface area contributed by atoms with Gasteiger partial charge in [-0.2, -0.15) is 0 Å². The maximum Gasteiger partial charge on any atom is 0.234 e. The van der Waals surface area contributed by atoms with E-state index >= 15 is 0 Å². The molecule has 0 aliphatic heterocycles. The summed E-state index contributed by atoms with van der Waals surface area (Å²) in [6.45, 7) is 5.47. The predicted octanol–water partition coefficient (Wildman–Crippen LogP) is 4.98. The van der Waals surface area contributed by atoms with E-state index < -0.39 is 0 Å². The molecule has 3 aromatic rings. The Labute approximate surface area is 206 Å². The topological polar surface area (TPSA) is 84.8 Å². The molecule has 1 atom stereocenters. The van der Waals surface area contributed by atoms with Crippen LogP contribution in [0.3, 0.4) is 0 Å². The lowest BCUT2D eigenvalue weighted by molar-refractivity contribution is -0.120. The van der Waals surface area contributed by atoms with Crippen molar-refractivity contribution in [1.29, 1.82) is 0 Å². The zero-order valence-electron chi connectivity index (χ0n) is 20.6. The van der Waals surface area contributed by atoms with Crippen molar-refractivity contribution in [2.75, 3.05) is 25.2 Å². The van der Waals surface area contributed by atoms with E-state index in [0.717, 1.165) is 47.3 Å². The summed E-state index contributed by atoms with van der Waals surface area (Å²) in [7, 11) is 1.63. The Balaban J connectivity index is 1.62. The van der Waals surface area contributed by atoms with Gasteiger partial charge in [-0.1, -0.05) is 32.0 Å². The Kier molecular flexibility index (Phi) is 7.98. The molecule has 0 bridgehead atoms. The summed E-state index contributed by atoms with van der Waals surface area (Å²) in [5, 5.41) is 10.4. The monoisotopic (exact) mass is 475 g/mol. The third-order valence-corrected chi connectivity index (χ3v) is 6.40. The van der Waals surface area contributed by atoms with Crippen molar-refractivity contribution in [1.82, 2.24) is 9.97 Å². The number of rotatable bonds is 9. The summed E-state index contributed by atoms with van der Waals surface area (Å²) in [5.74, 6) is 0.763. The summed E-state index contributed by atoms with van der Waals surface area (Å²) in [6.07, 6.45) is 5.89. The van der Waals surface area contributed by atoms with Crippen LogP contribution >= 0.6 is 0 Å². The normalized spacial score (nSPS) is 15.0. The van der Waals surface area contributed by atoms with Crippen molar-refractivity contribution in [2.24, 2.45) is 0 Å². The van der Waals surface area contributed by atoms with Gasteiger partial charge in [0.15, 0.2) is 0 Å². The summed E-state index contributed by atoms with van der Waals surface area (Å²) in [5.41, 5.74) is 4.40. The highest BCUT2D eigenvalue weighted by atomic mass is 16.5. The lowest BCUT2D eigenvalue weighted by Crippen LogP contribution is -2.36. The molecule has 0 spiro atoms. The number of anilines is 1. The van der Waals surface area contributed by atoms with Gasteiger partial charge < -0.3 is 19.5 Å². The number of nitrogens with zero attached hydrogens (tertiary/aromatic N) is 3. The van der Waals surface area contributed by atoms with Crippen LogP contribution in [0, 0.1) is 0 Å². The van der Waals surface area contributed by atoms with Crippen molar-refractivity contribution in [3.8, 4) is 11.6 Å². The minimum Gasteiger partial charge on any atom is -0.508 e. The minimum atomic E-state index is -0.319. The van der Waals surface area contributed by atoms with E-state index in [2.05, 4.69) is 23.8 Å². The largest absolute Gasteiger partial charge is 0.508 e. The van der Waals surface area contributed by atoms with E-state index in [1.807, 2.05) is 36.4 Å². The van der Waals surface area contributed by atoms with Crippen molar-refractivity contribution in [3.05, 3.63) is 77.2 Å². The SMILES string of the molecule is COCCOc1ccc(CN(C(=O)C2CCCc3c(O)cccc32)c2ccc(C(C)C)nc2)cn1. The van der Waals surface area contributed by atoms with Gasteiger partial charge >= 0.3 is 0 Å². The molecule has 7 nitrogen and oxygen atoms in total. The van der Waals surface area contributed by atoms with Gasteiger partial charge in [-0.15, -0.1) is 0 Å². The number of phenolic OH excluding ortho intramolecular Hbond substituents is 1. The summed E-state index contributed by atoms with van der Waals surface area (Å²) < 4.78 is 10.6. The molecule has 4 rings (SSSR count). The molecule has 184 valence electrons. The van der Waals surface area contributed by atoms with E-state index in [9.17, 15) is 9.90 Å². The predicted molar refractivity (Wildman–Crippen MR) is 135 cm³/mol. The first kappa shape index (κ1) is 24.7. The average molecular weight is 476 g/mol. The number of aromatic hydroxyl groups is 1. The van der Waals surface area contributed by atoms with Gasteiger partial charge in [-0.25, -0.2) is 4.98 Å². The first-order chi connectivity index (χ1) is 17.0. The van der Waals surface area contributed by atoms with Crippen LogP contribution in [-0.4, -0.2) is 41.3 Å². The fraction of sp³-hybridized carbons (Fsp3) is 0.393. The summed E-state index contributed by atoms with van der Waals surface area (Å²) in [6, 6.07) is 13.1. The molecule has 1 aliphatic carbocycles. The molecule has 2 heterocycles. The molecular formula is C28H33N3O4. The molecule has 0 saturated heterocycles. The maximum absolute atomic E-state index is 14.0. The van der Waals surface area contributed by atoms with Crippen LogP contribution < -0.4 is 9.64 Å². The molecule has 35 heavy (non-hydrogen) atoms. The van der Waals surface area contributed by atoms with E-state index in [4.69, 9.17) is 9.47 Å². The van der Waals surface area contributed by atoms with Gasteiger partial charge in [0.25, 0.3) is 0 Å². The van der Waals surface area contributed by atoms with Crippen LogP contribution in [0.5, 0.6) is 11.6 Å². The molecule has 1 N–H and O–H groups in total. The number of pyridine rings is 2. The lowest BCUT2D eigenvalue weighted by Gasteiger charge is -2.31. The van der Waals surface area contributed by atoms with E-state index in [1.54, 1.807) is 30.5 Å². The molecule has 0 saturated carbocycles. The lowest BCUT2D eigenvalue weighted by atomic mass is 9.81. The van der Waals surface area contributed by atoms with Crippen LogP contribution in [0.4, 0.5) is 5.69 Å². The molecule has 1 unspecified atom stereocenters. The molecule has 1 amide bonds. The minimum absolute atomic E-state index is 0.00364. The van der Waals surface area contributed by atoms with Gasteiger partial charge in [0.2, 0.25) is 11.8 Å². The molecule has 0 radical (unpaired) electrons. The van der Waals surface area contributed by atoms with Crippen LogP contribution in [0.2, 0.25) is 0 Å². The van der Waals surface area contributed by atoms with E-state index in [-0.39, 0.29) is 17.6 Å². The van der Waals surface area contributed by atoms with Crippen molar-refractivity contribution in [2.45, 2.75) is 51.5 Å². The number of hydrogen-bond acceptors (Lipinski definition) is 6. The summed E-state index contributed by atoms with van der Waals surface area (Å²) >= 11 is 0. The third kappa shape index (κ3) is 5.80. The second-order valence-electron chi connectivity index (χ2n) is 9.16. The first-order valence-corrected chi connectivity index (χ1v) is 12.1. The number of methoxy groups -OCH3 is 1. The van der Waals surface area contributed by atoms with Gasteiger partial charge in [0.1, 0.15) is 12.4 Å². The maximum atomic E-state index is 14.0. The Morgan fingerprint density at radius 2 is 1.97 bits per heavy atom. The van der Waals surface area contributed by atoms with E-state index in [1.165, 1.54) is 0 Å². The van der Waals surface area contributed by atoms with Crippen molar-refractivity contribution >= 4 is 11.6 Å². The highest BCUT2D eigenvalue weighted by Gasteiger charge is 2.32. The highest BCUT2D eigenvalue weighted by Crippen LogP contribution is 2.38. The standard InChI is InChI=1S/C28H33N3O4/c1-19(2)25-12-11-21(17-29-25)31(18-20-10-13-27(30-16-20)35-15-14-34-3)28(33)24-8-4-7-23-22(24)6-5-9-26(23)32/h5-6,9-13,16-17,19,24,32H,4,7-8,14-15,18H2,1-3H3. The number of carbonyl (C=O) groups excluding carboxylic acids is 1. The average Bonchev–Trinajstić information content (AvgIpc) is 2.88. The Hall–Kier alpha value is -3.45. The van der Waals surface area contributed by atoms with Crippen LogP contribution in [0.15, 0.2) is 54.9 Å². The van der Waals surface area contributed by atoms with Crippen LogP contribution in [-0.2, 0) is 22.5 Å². The fourth-order valence-corrected chi connectivity index (χ4v) is 4.47. The first-order valence-electron chi connectivity index (χ1n) is 12.1. The molecule has 1 aromatic carbocycles. The molecule has 2 aromatic heterocycles. The van der Waals surface area contributed by atoms with Gasteiger partial charge in [-0.05, 0) is 60.1 Å². The van der Waals surface area contributed by atoms with Gasteiger partial charge in [0, 0.05) is 25.1 Å². The number of fused-ring (bicyclic) bond motifs is 1. The smallest absolute Gasteiger partial charge is 0.234 e. The van der Waals surface area contributed by atoms with Crippen LogP contribution in [0.25, 0.3) is 0 Å². The number of carbonyl (C=O) groups is 1. The van der Waals surface area contributed by atoms with Crippen molar-refractivity contribution < 1.29 is 19.4 Å². The second kappa shape index (κ2) is 11.3. The quantitative estimate of drug-likeness (QED) is 0.439. The third-order valence-electron chi connectivity index (χ3n) is 6.40. The number of aromatic nitrogens is 2.